The molecular formula is C20H24N2O4. The van der Waals surface area contributed by atoms with E-state index in [-0.39, 0.29) is 6.04 Å². The third-order valence-electron chi connectivity index (χ3n) is 7.19. The molecule has 1 amide bonds. The molecule has 4 aliphatic rings. The van der Waals surface area contributed by atoms with Crippen LogP contribution in [0.3, 0.4) is 0 Å². The van der Waals surface area contributed by atoms with E-state index in [0.717, 1.165) is 24.2 Å². The fourth-order valence-corrected chi connectivity index (χ4v) is 6.20. The maximum absolute atomic E-state index is 12.0. The van der Waals surface area contributed by atoms with Crippen molar-refractivity contribution in [3.63, 3.8) is 0 Å². The van der Waals surface area contributed by atoms with E-state index in [9.17, 15) is 15.0 Å². The van der Waals surface area contributed by atoms with Crippen molar-refractivity contribution < 1.29 is 19.7 Å². The Hall–Kier alpha value is -1.89. The van der Waals surface area contributed by atoms with Crippen LogP contribution in [-0.4, -0.2) is 58.0 Å². The van der Waals surface area contributed by atoms with Crippen LogP contribution in [0.15, 0.2) is 24.8 Å². The lowest BCUT2D eigenvalue weighted by Gasteiger charge is -2.63. The normalized spacial score (nSPS) is 39.8. The number of primary amides is 1. The summed E-state index contributed by atoms with van der Waals surface area (Å²) >= 11 is 0. The van der Waals surface area contributed by atoms with E-state index in [1.807, 2.05) is 12.1 Å². The SMILES string of the molecule is C=CCN1CC[C@]23c4c5ccc(C(N)=O)c4O[C@H]2[C@H](O)CC[C@@]3(O)C1C5. The summed E-state index contributed by atoms with van der Waals surface area (Å²) in [6.07, 6.45) is 3.05. The standard InChI is InChI=1S/C20H24N2O4/c1-2-8-22-9-7-19-15-11-3-4-12(18(21)24)16(15)26-17(19)13(23)5-6-20(19,25)14(22)10-11/h2-4,13-14,17,23,25H,1,5-10H2,(H2,21,24)/t13-,14?,17+,19+,20-/m1/s1. The van der Waals surface area contributed by atoms with Gasteiger partial charge in [0.25, 0.3) is 5.91 Å². The van der Waals surface area contributed by atoms with E-state index in [1.54, 1.807) is 6.07 Å². The highest BCUT2D eigenvalue weighted by Crippen LogP contribution is 2.64. The number of piperidine rings is 1. The van der Waals surface area contributed by atoms with Crippen molar-refractivity contribution in [2.24, 2.45) is 5.73 Å². The molecule has 1 aromatic carbocycles. The maximum Gasteiger partial charge on any atom is 0.252 e. The Kier molecular flexibility index (Phi) is 3.19. The van der Waals surface area contributed by atoms with Gasteiger partial charge in [-0.25, -0.2) is 0 Å². The fourth-order valence-electron chi connectivity index (χ4n) is 6.20. The molecule has 1 aromatic rings. The Bertz CT molecular complexity index is 824. The predicted molar refractivity (Wildman–Crippen MR) is 95.1 cm³/mol. The molecule has 1 saturated carbocycles. The molecule has 5 atom stereocenters. The number of amides is 1. The van der Waals surface area contributed by atoms with Crippen molar-refractivity contribution >= 4 is 5.91 Å². The number of aliphatic hydroxyl groups excluding tert-OH is 1. The number of nitrogens with zero attached hydrogens (tertiary/aromatic N) is 1. The number of carbonyl (C=O) groups excluding carboxylic acids is 1. The lowest BCUT2D eigenvalue weighted by molar-refractivity contribution is -0.206. The van der Waals surface area contributed by atoms with E-state index in [0.29, 0.717) is 37.0 Å². The van der Waals surface area contributed by atoms with Gasteiger partial charge < -0.3 is 20.7 Å². The number of benzene rings is 1. The summed E-state index contributed by atoms with van der Waals surface area (Å²) in [5, 5.41) is 22.7. The van der Waals surface area contributed by atoms with Crippen LogP contribution < -0.4 is 10.5 Å². The molecule has 1 unspecified atom stereocenters. The van der Waals surface area contributed by atoms with Gasteiger partial charge in [-0.05, 0) is 43.9 Å². The summed E-state index contributed by atoms with van der Waals surface area (Å²) in [6.45, 7) is 5.38. The third kappa shape index (κ3) is 1.66. The van der Waals surface area contributed by atoms with Gasteiger partial charge in [0.2, 0.25) is 0 Å². The third-order valence-corrected chi connectivity index (χ3v) is 7.19. The predicted octanol–water partition coefficient (Wildman–Crippen LogP) is 0.486. The Morgan fingerprint density at radius 3 is 3.00 bits per heavy atom. The molecule has 6 nitrogen and oxygen atoms in total. The molecule has 0 aromatic heterocycles. The van der Waals surface area contributed by atoms with E-state index >= 15 is 0 Å². The van der Waals surface area contributed by atoms with Crippen molar-refractivity contribution in [2.75, 3.05) is 13.1 Å². The first-order chi connectivity index (χ1) is 12.4. The molecule has 138 valence electrons. The summed E-state index contributed by atoms with van der Waals surface area (Å²) in [5.74, 6) is -0.0583. The van der Waals surface area contributed by atoms with Crippen molar-refractivity contribution in [3.8, 4) is 5.75 Å². The zero-order valence-electron chi connectivity index (χ0n) is 14.6. The molecule has 2 bridgehead atoms. The highest BCUT2D eigenvalue weighted by atomic mass is 16.5. The summed E-state index contributed by atoms with van der Waals surface area (Å²) in [6, 6.07) is 3.61. The number of nitrogens with two attached hydrogens (primary N) is 1. The number of carbonyl (C=O) groups is 1. The molecule has 2 fully saturated rings. The Morgan fingerprint density at radius 1 is 1.46 bits per heavy atom. The molecule has 2 aliphatic heterocycles. The van der Waals surface area contributed by atoms with Crippen LogP contribution in [0, 0.1) is 0 Å². The number of hydrogen-bond acceptors (Lipinski definition) is 5. The van der Waals surface area contributed by atoms with Crippen molar-refractivity contribution in [2.45, 2.75) is 54.9 Å². The van der Waals surface area contributed by atoms with Gasteiger partial charge in [-0.1, -0.05) is 12.1 Å². The van der Waals surface area contributed by atoms with Crippen LogP contribution in [0.4, 0.5) is 0 Å². The van der Waals surface area contributed by atoms with Crippen LogP contribution in [0.5, 0.6) is 5.75 Å². The lowest BCUT2D eigenvalue weighted by Crippen LogP contribution is -2.77. The van der Waals surface area contributed by atoms with E-state index in [2.05, 4.69) is 11.5 Å². The summed E-state index contributed by atoms with van der Waals surface area (Å²) in [4.78, 5) is 14.2. The van der Waals surface area contributed by atoms with Gasteiger partial charge >= 0.3 is 0 Å². The van der Waals surface area contributed by atoms with Gasteiger partial charge in [0, 0.05) is 18.2 Å². The van der Waals surface area contributed by atoms with Crippen molar-refractivity contribution in [3.05, 3.63) is 41.5 Å². The van der Waals surface area contributed by atoms with Crippen molar-refractivity contribution in [1.82, 2.24) is 4.90 Å². The first-order valence-electron chi connectivity index (χ1n) is 9.32. The smallest absolute Gasteiger partial charge is 0.252 e. The number of ether oxygens (including phenoxy) is 1. The van der Waals surface area contributed by atoms with Gasteiger partial charge in [0.15, 0.2) is 0 Å². The maximum atomic E-state index is 12.0. The monoisotopic (exact) mass is 356 g/mol. The first-order valence-corrected chi connectivity index (χ1v) is 9.32. The molecule has 26 heavy (non-hydrogen) atoms. The molecule has 6 heteroatoms. The zero-order chi connectivity index (χ0) is 18.3. The molecule has 4 N–H and O–H groups in total. The van der Waals surface area contributed by atoms with Gasteiger partial charge in [-0.15, -0.1) is 6.58 Å². The molecule has 2 aliphatic carbocycles. The van der Waals surface area contributed by atoms with Gasteiger partial charge in [-0.3, -0.25) is 9.69 Å². The molecular weight excluding hydrogens is 332 g/mol. The summed E-state index contributed by atoms with van der Waals surface area (Å²) < 4.78 is 6.19. The Balaban J connectivity index is 1.79. The minimum absolute atomic E-state index is 0.0503. The second kappa shape index (κ2) is 5.09. The van der Waals surface area contributed by atoms with Gasteiger partial charge in [0.1, 0.15) is 11.9 Å². The average molecular weight is 356 g/mol. The topological polar surface area (TPSA) is 96.0 Å². The first kappa shape index (κ1) is 16.3. The number of rotatable bonds is 3. The van der Waals surface area contributed by atoms with Crippen molar-refractivity contribution in [1.29, 1.82) is 0 Å². The zero-order valence-corrected chi connectivity index (χ0v) is 14.6. The van der Waals surface area contributed by atoms with Gasteiger partial charge in [-0.2, -0.15) is 0 Å². The second-order valence-electron chi connectivity index (χ2n) is 8.13. The Morgan fingerprint density at radius 2 is 2.27 bits per heavy atom. The molecule has 0 radical (unpaired) electrons. The number of likely N-dealkylation sites (tertiary alicyclic amines) is 1. The molecule has 2 heterocycles. The number of aliphatic hydroxyl groups is 2. The average Bonchev–Trinajstić information content (AvgIpc) is 2.95. The number of hydrogen-bond donors (Lipinski definition) is 3. The summed E-state index contributed by atoms with van der Waals surface area (Å²) in [5.41, 5.74) is 6.24. The van der Waals surface area contributed by atoms with E-state index in [1.165, 1.54) is 0 Å². The van der Waals surface area contributed by atoms with Crippen LogP contribution in [-0.2, 0) is 11.8 Å². The quantitative estimate of drug-likeness (QED) is 0.685. The van der Waals surface area contributed by atoms with Crippen LogP contribution in [0.25, 0.3) is 0 Å². The summed E-state index contributed by atoms with van der Waals surface area (Å²) in [7, 11) is 0. The van der Waals surface area contributed by atoms with E-state index in [4.69, 9.17) is 10.5 Å². The minimum atomic E-state index is -0.993. The van der Waals surface area contributed by atoms with E-state index < -0.39 is 29.1 Å². The van der Waals surface area contributed by atoms with Crippen LogP contribution in [0.2, 0.25) is 0 Å². The largest absolute Gasteiger partial charge is 0.486 e. The highest BCUT2D eigenvalue weighted by Gasteiger charge is 2.72. The lowest BCUT2D eigenvalue weighted by atomic mass is 9.48. The minimum Gasteiger partial charge on any atom is -0.486 e. The van der Waals surface area contributed by atoms with Crippen LogP contribution >= 0.6 is 0 Å². The van der Waals surface area contributed by atoms with Gasteiger partial charge in [0.05, 0.1) is 22.7 Å². The molecule has 1 saturated heterocycles. The molecule has 1 spiro atoms. The second-order valence-corrected chi connectivity index (χ2v) is 8.13. The molecule has 5 rings (SSSR count). The highest BCUT2D eigenvalue weighted by molar-refractivity contribution is 5.97. The Labute approximate surface area is 152 Å². The van der Waals surface area contributed by atoms with Crippen LogP contribution in [0.1, 0.15) is 40.7 Å². The fraction of sp³-hybridized carbons (Fsp3) is 0.550.